The number of benzene rings is 1. The molecule has 2 N–H and O–H groups in total. The molecule has 1 unspecified atom stereocenters. The number of rotatable bonds is 6. The molecule has 0 saturated heterocycles. The maximum atomic E-state index is 11.9. The van der Waals surface area contributed by atoms with E-state index >= 15 is 0 Å². The summed E-state index contributed by atoms with van der Waals surface area (Å²) in [4.78, 5) is 12.0. The average Bonchev–Trinajstić information content (AvgIpc) is 2.30. The van der Waals surface area contributed by atoms with Crippen molar-refractivity contribution in [2.75, 3.05) is 18.1 Å². The van der Waals surface area contributed by atoms with E-state index in [0.29, 0.717) is 10.7 Å². The van der Waals surface area contributed by atoms with Crippen LogP contribution in [0.5, 0.6) is 0 Å². The molecule has 0 aliphatic heterocycles. The first kappa shape index (κ1) is 16.9. The van der Waals surface area contributed by atoms with Gasteiger partial charge in [0.15, 0.2) is 9.84 Å². The molecule has 1 aromatic rings. The largest absolute Gasteiger partial charge is 0.325 e. The van der Waals surface area contributed by atoms with Crippen LogP contribution in [0.15, 0.2) is 23.1 Å². The number of carbonyl (C=O) groups excluding carboxylic acids is 1. The van der Waals surface area contributed by atoms with Gasteiger partial charge < -0.3 is 10.6 Å². The van der Waals surface area contributed by atoms with Crippen LogP contribution in [0.3, 0.4) is 0 Å². The molecular weight excluding hydrogens is 300 g/mol. The highest BCUT2D eigenvalue weighted by Gasteiger charge is 2.13. The summed E-state index contributed by atoms with van der Waals surface area (Å²) in [5.74, 6) is -0.217. The second kappa shape index (κ2) is 7.06. The maximum Gasteiger partial charge on any atom is 0.225 e. The molecule has 5 nitrogen and oxygen atoms in total. The number of amides is 1. The van der Waals surface area contributed by atoms with Gasteiger partial charge >= 0.3 is 0 Å². The van der Waals surface area contributed by atoms with E-state index in [1.807, 2.05) is 13.8 Å². The van der Waals surface area contributed by atoms with Gasteiger partial charge in [0, 0.05) is 18.7 Å². The highest BCUT2D eigenvalue weighted by molar-refractivity contribution is 7.90. The van der Waals surface area contributed by atoms with E-state index < -0.39 is 9.84 Å². The van der Waals surface area contributed by atoms with Crippen molar-refractivity contribution in [3.05, 3.63) is 23.2 Å². The van der Waals surface area contributed by atoms with Crippen molar-refractivity contribution in [1.29, 1.82) is 0 Å². The van der Waals surface area contributed by atoms with Gasteiger partial charge in [-0.2, -0.15) is 0 Å². The molecule has 0 aliphatic rings. The van der Waals surface area contributed by atoms with Gasteiger partial charge in [0.05, 0.1) is 15.6 Å². The van der Waals surface area contributed by atoms with E-state index in [2.05, 4.69) is 10.6 Å². The molecule has 112 valence electrons. The van der Waals surface area contributed by atoms with Crippen LogP contribution in [-0.2, 0) is 14.6 Å². The molecule has 0 radical (unpaired) electrons. The number of sulfone groups is 1. The number of hydrogen-bond acceptors (Lipinski definition) is 4. The molecule has 0 aliphatic carbocycles. The summed E-state index contributed by atoms with van der Waals surface area (Å²) >= 11 is 5.96. The van der Waals surface area contributed by atoms with Gasteiger partial charge in [-0.15, -0.1) is 0 Å². The first-order valence-electron chi connectivity index (χ1n) is 6.27. The molecule has 0 fully saturated rings. The zero-order valence-corrected chi connectivity index (χ0v) is 13.3. The van der Waals surface area contributed by atoms with Gasteiger partial charge in [-0.05, 0) is 31.7 Å². The van der Waals surface area contributed by atoms with Crippen molar-refractivity contribution in [1.82, 2.24) is 5.32 Å². The van der Waals surface area contributed by atoms with Crippen molar-refractivity contribution in [3.63, 3.8) is 0 Å². The van der Waals surface area contributed by atoms with Crippen molar-refractivity contribution in [2.24, 2.45) is 0 Å². The van der Waals surface area contributed by atoms with E-state index in [4.69, 9.17) is 11.6 Å². The van der Waals surface area contributed by atoms with Crippen molar-refractivity contribution >= 4 is 33.0 Å². The summed E-state index contributed by atoms with van der Waals surface area (Å²) in [6, 6.07) is 4.28. The molecule has 7 heteroatoms. The van der Waals surface area contributed by atoms with Crippen LogP contribution in [0.25, 0.3) is 0 Å². The lowest BCUT2D eigenvalue weighted by atomic mass is 10.2. The van der Waals surface area contributed by atoms with Gasteiger partial charge in [-0.1, -0.05) is 18.5 Å². The Morgan fingerprint density at radius 3 is 2.60 bits per heavy atom. The van der Waals surface area contributed by atoms with E-state index in [1.165, 1.54) is 18.2 Å². The molecule has 0 saturated carbocycles. The summed E-state index contributed by atoms with van der Waals surface area (Å²) < 4.78 is 23.0. The zero-order chi connectivity index (χ0) is 15.3. The highest BCUT2D eigenvalue weighted by atomic mass is 35.5. The highest BCUT2D eigenvalue weighted by Crippen LogP contribution is 2.25. The number of hydrogen-bond donors (Lipinski definition) is 2. The first-order valence-corrected chi connectivity index (χ1v) is 8.53. The molecule has 1 aromatic carbocycles. The Hall–Kier alpha value is -1.11. The summed E-state index contributed by atoms with van der Waals surface area (Å²) in [5.41, 5.74) is 0.309. The average molecular weight is 319 g/mol. The van der Waals surface area contributed by atoms with Crippen LogP contribution in [0.4, 0.5) is 5.69 Å². The van der Waals surface area contributed by atoms with Gasteiger partial charge in [-0.25, -0.2) is 8.42 Å². The lowest BCUT2D eigenvalue weighted by Gasteiger charge is -2.13. The second-order valence-electron chi connectivity index (χ2n) is 4.62. The van der Waals surface area contributed by atoms with Gasteiger partial charge in [-0.3, -0.25) is 4.79 Å². The number of halogens is 1. The van der Waals surface area contributed by atoms with Crippen LogP contribution in [-0.4, -0.2) is 33.2 Å². The quantitative estimate of drug-likeness (QED) is 0.842. The molecule has 1 rings (SSSR count). The predicted octanol–water partition coefficient (Wildman–Crippen LogP) is 2.07. The summed E-state index contributed by atoms with van der Waals surface area (Å²) in [7, 11) is -3.33. The Balaban J connectivity index is 2.84. The van der Waals surface area contributed by atoms with Crippen molar-refractivity contribution in [2.45, 2.75) is 31.2 Å². The summed E-state index contributed by atoms with van der Waals surface area (Å²) in [6.45, 7) is 4.64. The number of nitrogens with one attached hydrogen (secondary N) is 2. The van der Waals surface area contributed by atoms with E-state index in [1.54, 1.807) is 0 Å². The maximum absolute atomic E-state index is 11.9. The number of anilines is 1. The van der Waals surface area contributed by atoms with Crippen LogP contribution >= 0.6 is 11.6 Å². The minimum atomic E-state index is -3.33. The van der Waals surface area contributed by atoms with Crippen LogP contribution in [0, 0.1) is 0 Å². The van der Waals surface area contributed by atoms with Gasteiger partial charge in [0.1, 0.15) is 0 Å². The molecule has 0 spiro atoms. The lowest BCUT2D eigenvalue weighted by Crippen LogP contribution is -2.30. The van der Waals surface area contributed by atoms with E-state index in [9.17, 15) is 13.2 Å². The van der Waals surface area contributed by atoms with E-state index in [0.717, 1.165) is 12.8 Å². The van der Waals surface area contributed by atoms with Gasteiger partial charge in [0.2, 0.25) is 5.91 Å². The molecule has 20 heavy (non-hydrogen) atoms. The molecular formula is C13H19ClN2O3S. The molecule has 0 aromatic heterocycles. The standard InChI is InChI=1S/C13H19ClN2O3S/c1-4-15-9(2)7-13(17)16-12-8-10(20(3,18)19)5-6-11(12)14/h5-6,8-9,15H,4,7H2,1-3H3,(H,16,17). The molecule has 1 amide bonds. The lowest BCUT2D eigenvalue weighted by molar-refractivity contribution is -0.116. The van der Waals surface area contributed by atoms with Crippen LogP contribution < -0.4 is 10.6 Å². The summed E-state index contributed by atoms with van der Waals surface area (Å²) in [6.07, 6.45) is 1.39. The molecule has 1 atom stereocenters. The fourth-order valence-electron chi connectivity index (χ4n) is 1.73. The normalized spacial score (nSPS) is 13.0. The monoisotopic (exact) mass is 318 g/mol. The molecule has 0 bridgehead atoms. The van der Waals surface area contributed by atoms with Crippen LogP contribution in [0.1, 0.15) is 20.3 Å². The van der Waals surface area contributed by atoms with Crippen LogP contribution in [0.2, 0.25) is 5.02 Å². The Morgan fingerprint density at radius 1 is 1.40 bits per heavy atom. The van der Waals surface area contributed by atoms with Crippen molar-refractivity contribution < 1.29 is 13.2 Å². The number of carbonyl (C=O) groups is 1. The zero-order valence-electron chi connectivity index (χ0n) is 11.7. The Labute approximate surface area is 124 Å². The SMILES string of the molecule is CCNC(C)CC(=O)Nc1cc(S(C)(=O)=O)ccc1Cl. The Morgan fingerprint density at radius 2 is 2.05 bits per heavy atom. The third-order valence-corrected chi connectivity index (χ3v) is 4.12. The Kier molecular flexibility index (Phi) is 5.98. The van der Waals surface area contributed by atoms with Gasteiger partial charge in [0.25, 0.3) is 0 Å². The minimum absolute atomic E-state index is 0.0388. The molecule has 0 heterocycles. The smallest absolute Gasteiger partial charge is 0.225 e. The predicted molar refractivity (Wildman–Crippen MR) is 80.9 cm³/mol. The Bertz CT molecular complexity index is 587. The summed E-state index contributed by atoms with van der Waals surface area (Å²) in [5, 5.41) is 6.07. The first-order chi connectivity index (χ1) is 9.24. The fourth-order valence-corrected chi connectivity index (χ4v) is 2.54. The third-order valence-electron chi connectivity index (χ3n) is 2.68. The fraction of sp³-hybridized carbons (Fsp3) is 0.462. The second-order valence-corrected chi connectivity index (χ2v) is 7.05. The third kappa shape index (κ3) is 5.11. The van der Waals surface area contributed by atoms with E-state index in [-0.39, 0.29) is 23.3 Å². The van der Waals surface area contributed by atoms with Crippen molar-refractivity contribution in [3.8, 4) is 0 Å². The topological polar surface area (TPSA) is 75.3 Å². The minimum Gasteiger partial charge on any atom is -0.325 e.